The molecule has 0 aliphatic carbocycles. The zero-order valence-electron chi connectivity index (χ0n) is 23.5. The van der Waals surface area contributed by atoms with Gasteiger partial charge in [-0.25, -0.2) is 0 Å². The van der Waals surface area contributed by atoms with Gasteiger partial charge in [-0.1, -0.05) is 170 Å². The first kappa shape index (κ1) is 28.5. The lowest BCUT2D eigenvalue weighted by Crippen LogP contribution is -2.26. The Hall–Kier alpha value is -4.02. The molecule has 0 heterocycles. The summed E-state index contributed by atoms with van der Waals surface area (Å²) in [5.74, 6) is 0. The van der Waals surface area contributed by atoms with Crippen LogP contribution in [0.3, 0.4) is 0 Å². The van der Waals surface area contributed by atoms with E-state index in [9.17, 15) is 4.57 Å². The molecule has 6 aromatic rings. The van der Waals surface area contributed by atoms with E-state index in [-0.39, 0.29) is 0 Å². The van der Waals surface area contributed by atoms with Crippen LogP contribution in [0.1, 0.15) is 11.1 Å². The van der Waals surface area contributed by atoms with Crippen LogP contribution in [0, 0.1) is 13.8 Å². The van der Waals surface area contributed by atoms with Crippen LogP contribution in [-0.2, 0) is 4.57 Å². The van der Waals surface area contributed by atoms with Crippen LogP contribution in [0.15, 0.2) is 170 Å². The quantitative estimate of drug-likeness (QED) is 0.192. The molecule has 0 atom stereocenters. The average molecular weight is 569 g/mol. The fraction of sp³-hybridized carbons (Fsp3) is 0.0526. The molecule has 0 aliphatic rings. The van der Waals surface area contributed by atoms with E-state index in [1.165, 1.54) is 21.5 Å². The predicted molar refractivity (Wildman–Crippen MR) is 180 cm³/mol. The van der Waals surface area contributed by atoms with Crippen molar-refractivity contribution in [2.75, 3.05) is 0 Å². The molecular weight excluding hydrogens is 534 g/mol. The SMILES string of the molecule is Cc1ccccc1P(=O)(c1ccccc1)c1ccccc1.Cc1ccccc1P(c1ccccc1)c1ccccc1. The van der Waals surface area contributed by atoms with Gasteiger partial charge in [0.25, 0.3) is 0 Å². The Morgan fingerprint density at radius 2 is 0.780 bits per heavy atom. The number of benzene rings is 6. The van der Waals surface area contributed by atoms with Crippen LogP contribution in [0.5, 0.6) is 0 Å². The molecule has 0 spiro atoms. The van der Waals surface area contributed by atoms with E-state index in [1.54, 1.807) is 0 Å². The third kappa shape index (κ3) is 6.49. The molecule has 0 aromatic heterocycles. The summed E-state index contributed by atoms with van der Waals surface area (Å²) >= 11 is 0. The standard InChI is InChI=1S/C19H17OP.C19H17P/c1-16-10-8-9-15-19(16)21(20,17-11-4-2-5-12-17)18-13-6-3-7-14-18;1-16-10-8-9-15-19(16)20(17-11-4-2-5-12-17)18-13-6-3-7-14-18/h2-15H,1H3;2-15H,1H3. The van der Waals surface area contributed by atoms with Crippen molar-refractivity contribution in [2.45, 2.75) is 13.8 Å². The average Bonchev–Trinajstić information content (AvgIpc) is 3.04. The van der Waals surface area contributed by atoms with E-state index >= 15 is 0 Å². The number of rotatable bonds is 6. The van der Waals surface area contributed by atoms with Crippen molar-refractivity contribution in [3.8, 4) is 0 Å². The van der Waals surface area contributed by atoms with Crippen molar-refractivity contribution in [2.24, 2.45) is 0 Å². The Bertz CT molecular complexity index is 1630. The molecule has 3 heteroatoms. The van der Waals surface area contributed by atoms with Crippen molar-refractivity contribution in [1.82, 2.24) is 0 Å². The molecule has 6 aromatic carbocycles. The third-order valence-corrected chi connectivity index (χ3v) is 12.9. The van der Waals surface area contributed by atoms with Crippen molar-refractivity contribution >= 4 is 46.9 Å². The van der Waals surface area contributed by atoms with Crippen molar-refractivity contribution in [1.29, 1.82) is 0 Å². The first-order valence-corrected chi connectivity index (χ1v) is 16.9. The fourth-order valence-corrected chi connectivity index (χ4v) is 10.4. The molecule has 0 aliphatic heterocycles. The fourth-order valence-electron chi connectivity index (χ4n) is 5.02. The Morgan fingerprint density at radius 1 is 0.415 bits per heavy atom. The van der Waals surface area contributed by atoms with Crippen molar-refractivity contribution < 1.29 is 4.57 Å². The Morgan fingerprint density at radius 3 is 1.22 bits per heavy atom. The lowest BCUT2D eigenvalue weighted by molar-refractivity contribution is 0.592. The van der Waals surface area contributed by atoms with Gasteiger partial charge >= 0.3 is 0 Å². The number of hydrogen-bond acceptors (Lipinski definition) is 1. The lowest BCUT2D eigenvalue weighted by atomic mass is 10.2. The van der Waals surface area contributed by atoms with Crippen LogP contribution in [-0.4, -0.2) is 0 Å². The smallest absolute Gasteiger partial charge is 0.171 e. The summed E-state index contributed by atoms with van der Waals surface area (Å²) < 4.78 is 14.0. The van der Waals surface area contributed by atoms with Crippen LogP contribution in [0.2, 0.25) is 0 Å². The minimum Gasteiger partial charge on any atom is -0.309 e. The summed E-state index contributed by atoms with van der Waals surface area (Å²) in [7, 11) is -3.28. The molecule has 0 amide bonds. The number of aryl methyl sites for hydroxylation is 2. The van der Waals surface area contributed by atoms with E-state index in [0.717, 1.165) is 21.5 Å². The largest absolute Gasteiger partial charge is 0.309 e. The zero-order chi connectivity index (χ0) is 28.5. The van der Waals surface area contributed by atoms with E-state index in [1.807, 2.05) is 91.9 Å². The monoisotopic (exact) mass is 568 g/mol. The van der Waals surface area contributed by atoms with Gasteiger partial charge in [0.15, 0.2) is 7.14 Å². The maximum absolute atomic E-state index is 14.0. The molecule has 0 unspecified atom stereocenters. The molecule has 0 saturated heterocycles. The van der Waals surface area contributed by atoms with Crippen molar-refractivity contribution in [3.63, 3.8) is 0 Å². The third-order valence-electron chi connectivity index (χ3n) is 7.08. The van der Waals surface area contributed by atoms with Crippen LogP contribution >= 0.6 is 15.1 Å². The highest BCUT2D eigenvalue weighted by atomic mass is 31.2. The van der Waals surface area contributed by atoms with Gasteiger partial charge in [0.1, 0.15) is 0 Å². The normalized spacial score (nSPS) is 11.0. The van der Waals surface area contributed by atoms with E-state index < -0.39 is 15.1 Å². The Labute approximate surface area is 245 Å². The summed E-state index contributed by atoms with van der Waals surface area (Å²) in [6, 6.07) is 57.9. The van der Waals surface area contributed by atoms with E-state index in [2.05, 4.69) is 91.9 Å². The molecule has 0 radical (unpaired) electrons. The second-order valence-corrected chi connectivity index (χ2v) is 14.8. The molecule has 0 N–H and O–H groups in total. The molecular formula is C38H34OP2. The summed E-state index contributed by atoms with van der Waals surface area (Å²) in [6.07, 6.45) is 0. The predicted octanol–water partition coefficient (Wildman–Crippen LogP) is 7.39. The first-order valence-electron chi connectivity index (χ1n) is 13.8. The van der Waals surface area contributed by atoms with E-state index in [4.69, 9.17) is 0 Å². The second-order valence-electron chi connectivity index (χ2n) is 9.86. The van der Waals surface area contributed by atoms with Crippen molar-refractivity contribution in [3.05, 3.63) is 181 Å². The topological polar surface area (TPSA) is 17.1 Å². The van der Waals surface area contributed by atoms with E-state index in [0.29, 0.717) is 0 Å². The Balaban J connectivity index is 0.000000165. The summed E-state index contributed by atoms with van der Waals surface area (Å²) in [5.41, 5.74) is 2.43. The van der Waals surface area contributed by atoms with Gasteiger partial charge < -0.3 is 4.57 Å². The highest BCUT2D eigenvalue weighted by Gasteiger charge is 2.30. The zero-order valence-corrected chi connectivity index (χ0v) is 25.3. The van der Waals surface area contributed by atoms with Gasteiger partial charge in [-0.2, -0.15) is 0 Å². The summed E-state index contributed by atoms with van der Waals surface area (Å²) in [4.78, 5) is 0. The Kier molecular flexibility index (Phi) is 9.43. The molecule has 41 heavy (non-hydrogen) atoms. The second kappa shape index (κ2) is 13.6. The van der Waals surface area contributed by atoms with Crippen LogP contribution in [0.25, 0.3) is 0 Å². The first-order chi connectivity index (χ1) is 20.1. The minimum atomic E-state index is -2.81. The summed E-state index contributed by atoms with van der Waals surface area (Å²) in [5, 5.41) is 6.93. The highest BCUT2D eigenvalue weighted by Crippen LogP contribution is 2.43. The van der Waals surface area contributed by atoms with Gasteiger partial charge in [0.2, 0.25) is 0 Å². The summed E-state index contributed by atoms with van der Waals surface area (Å²) in [6.45, 7) is 4.23. The molecule has 6 rings (SSSR count). The van der Waals surface area contributed by atoms with Gasteiger partial charge in [-0.3, -0.25) is 0 Å². The maximum Gasteiger partial charge on any atom is 0.171 e. The molecule has 0 bridgehead atoms. The molecule has 1 nitrogen and oxygen atoms in total. The molecule has 0 saturated carbocycles. The minimum absolute atomic E-state index is 0.467. The van der Waals surface area contributed by atoms with Crippen LogP contribution in [0.4, 0.5) is 0 Å². The van der Waals surface area contributed by atoms with Gasteiger partial charge in [0, 0.05) is 15.9 Å². The lowest BCUT2D eigenvalue weighted by Gasteiger charge is -2.21. The molecule has 202 valence electrons. The van der Waals surface area contributed by atoms with Gasteiger partial charge in [-0.05, 0) is 48.8 Å². The molecule has 0 fully saturated rings. The van der Waals surface area contributed by atoms with Gasteiger partial charge in [0.05, 0.1) is 0 Å². The maximum atomic E-state index is 14.0. The van der Waals surface area contributed by atoms with Gasteiger partial charge in [-0.15, -0.1) is 0 Å². The highest BCUT2D eigenvalue weighted by molar-refractivity contribution is 7.85. The van der Waals surface area contributed by atoms with Crippen LogP contribution < -0.4 is 31.8 Å². The number of hydrogen-bond donors (Lipinski definition) is 0.